The van der Waals surface area contributed by atoms with Gasteiger partial charge in [-0.3, -0.25) is 9.59 Å². The first-order chi connectivity index (χ1) is 12.0. The van der Waals surface area contributed by atoms with Crippen molar-refractivity contribution in [1.29, 1.82) is 0 Å². The Balaban J connectivity index is 1.80. The van der Waals surface area contributed by atoms with Crippen molar-refractivity contribution in [2.75, 3.05) is 4.90 Å². The maximum absolute atomic E-state index is 14.4. The second-order valence-electron chi connectivity index (χ2n) is 6.56. The number of ketones is 2. The zero-order valence-corrected chi connectivity index (χ0v) is 14.0. The molecule has 0 radical (unpaired) electrons. The Hall–Kier alpha value is -2.35. The van der Waals surface area contributed by atoms with E-state index in [0.717, 1.165) is 16.3 Å². The van der Waals surface area contributed by atoms with Gasteiger partial charge in [-0.1, -0.05) is 0 Å². The monoisotopic (exact) mass is 362 g/mol. The minimum Gasteiger partial charge on any atom is -0.450 e. The molecule has 0 saturated carbocycles. The third-order valence-electron chi connectivity index (χ3n) is 5.17. The van der Waals surface area contributed by atoms with Gasteiger partial charge >= 0.3 is 0 Å². The maximum atomic E-state index is 14.4. The second kappa shape index (κ2) is 4.85. The summed E-state index contributed by atoms with van der Waals surface area (Å²) in [5, 5.41) is 0.817. The summed E-state index contributed by atoms with van der Waals surface area (Å²) in [7, 11) is 0. The Morgan fingerprint density at radius 3 is 2.92 bits per heavy atom. The Morgan fingerprint density at radius 2 is 2.12 bits per heavy atom. The van der Waals surface area contributed by atoms with Crippen molar-refractivity contribution >= 4 is 28.1 Å². The van der Waals surface area contributed by atoms with Gasteiger partial charge in [-0.05, 0) is 37.4 Å². The molecular formula is C17H12F2N2O3S. The number of halogens is 2. The number of ether oxygens (including phenoxy) is 1. The van der Waals surface area contributed by atoms with Crippen LogP contribution in [0, 0.1) is 12.8 Å². The highest BCUT2D eigenvalue weighted by molar-refractivity contribution is 7.10. The van der Waals surface area contributed by atoms with E-state index in [1.807, 2.05) is 11.8 Å². The van der Waals surface area contributed by atoms with Crippen LogP contribution in [0.4, 0.5) is 13.8 Å². The van der Waals surface area contributed by atoms with Crippen LogP contribution in [0.2, 0.25) is 0 Å². The number of hydrogen-bond donors (Lipinski definition) is 0. The van der Waals surface area contributed by atoms with Gasteiger partial charge in [0.05, 0.1) is 11.4 Å². The molecule has 0 saturated heterocycles. The number of aryl methyl sites for hydroxylation is 1. The van der Waals surface area contributed by atoms with Crippen molar-refractivity contribution in [2.45, 2.75) is 32.2 Å². The molecule has 2 atom stereocenters. The van der Waals surface area contributed by atoms with Gasteiger partial charge in [0.25, 0.3) is 5.78 Å². The van der Waals surface area contributed by atoms with E-state index in [9.17, 15) is 18.4 Å². The molecule has 0 fully saturated rings. The number of aromatic nitrogens is 1. The van der Waals surface area contributed by atoms with E-state index in [2.05, 4.69) is 4.37 Å². The molecule has 8 heteroatoms. The van der Waals surface area contributed by atoms with Gasteiger partial charge < -0.3 is 9.64 Å². The normalized spacial score (nSPS) is 27.6. The Kier molecular flexibility index (Phi) is 2.90. The molecule has 2 aliphatic carbocycles. The van der Waals surface area contributed by atoms with Crippen LogP contribution in [-0.2, 0) is 20.7 Å². The summed E-state index contributed by atoms with van der Waals surface area (Å²) in [5.74, 6) is -4.15. The molecule has 0 aromatic carbocycles. The summed E-state index contributed by atoms with van der Waals surface area (Å²) >= 11 is 1.27. The molecule has 0 amide bonds. The fourth-order valence-electron chi connectivity index (χ4n) is 3.99. The number of rotatable bonds is 0. The fourth-order valence-corrected chi connectivity index (χ4v) is 4.98. The summed E-state index contributed by atoms with van der Waals surface area (Å²) < 4.78 is 38.4. The van der Waals surface area contributed by atoms with Crippen LogP contribution in [-0.4, -0.2) is 22.0 Å². The van der Waals surface area contributed by atoms with Gasteiger partial charge in [-0.25, -0.2) is 4.39 Å². The van der Waals surface area contributed by atoms with Crippen molar-refractivity contribution in [1.82, 2.24) is 4.37 Å². The lowest BCUT2D eigenvalue weighted by atomic mass is 9.80. The van der Waals surface area contributed by atoms with Crippen molar-refractivity contribution in [3.63, 3.8) is 0 Å². The van der Waals surface area contributed by atoms with E-state index in [0.29, 0.717) is 18.5 Å². The van der Waals surface area contributed by atoms with E-state index in [1.165, 1.54) is 17.6 Å². The van der Waals surface area contributed by atoms with Crippen LogP contribution in [0.5, 0.6) is 0 Å². The highest BCUT2D eigenvalue weighted by Gasteiger charge is 2.51. The summed E-state index contributed by atoms with van der Waals surface area (Å²) in [4.78, 5) is 25.9. The Labute approximate surface area is 145 Å². The summed E-state index contributed by atoms with van der Waals surface area (Å²) in [6.07, 6.45) is 2.23. The van der Waals surface area contributed by atoms with Gasteiger partial charge in [0.2, 0.25) is 5.78 Å². The van der Waals surface area contributed by atoms with Gasteiger partial charge in [-0.15, -0.1) is 0 Å². The zero-order chi connectivity index (χ0) is 17.5. The topological polar surface area (TPSA) is 59.5 Å². The summed E-state index contributed by atoms with van der Waals surface area (Å²) in [6, 6.07) is -0.549. The molecule has 5 rings (SSSR count). The van der Waals surface area contributed by atoms with E-state index in [4.69, 9.17) is 4.74 Å². The Morgan fingerprint density at radius 1 is 1.32 bits per heavy atom. The third-order valence-corrected chi connectivity index (χ3v) is 6.16. The average molecular weight is 362 g/mol. The molecule has 0 N–H and O–H groups in total. The largest absolute Gasteiger partial charge is 0.450 e. The lowest BCUT2D eigenvalue weighted by Crippen LogP contribution is -2.52. The predicted molar refractivity (Wildman–Crippen MR) is 85.0 cm³/mol. The molecule has 5 nitrogen and oxygen atoms in total. The van der Waals surface area contributed by atoms with Crippen LogP contribution in [0.3, 0.4) is 0 Å². The number of allylic oxidation sites excluding steroid dienone is 4. The average Bonchev–Trinajstić information content (AvgIpc) is 2.96. The van der Waals surface area contributed by atoms with Gasteiger partial charge in [0.1, 0.15) is 11.0 Å². The number of Topliss-reactive ketones (excluding diaryl/α,β-unsaturated/α-hetero) is 2. The van der Waals surface area contributed by atoms with Crippen LogP contribution < -0.4 is 4.90 Å². The van der Waals surface area contributed by atoms with Crippen molar-refractivity contribution in [3.05, 3.63) is 46.2 Å². The molecule has 0 spiro atoms. The first-order valence-corrected chi connectivity index (χ1v) is 8.75. The van der Waals surface area contributed by atoms with E-state index in [-0.39, 0.29) is 23.9 Å². The number of carbonyl (C=O) groups excluding carboxylic acids is 2. The first-order valence-electron chi connectivity index (χ1n) is 7.97. The van der Waals surface area contributed by atoms with Crippen molar-refractivity contribution < 1.29 is 23.1 Å². The van der Waals surface area contributed by atoms with Crippen molar-refractivity contribution in [3.8, 4) is 0 Å². The number of anilines is 1. The first kappa shape index (κ1) is 14.9. The number of nitrogens with zero attached hydrogens (tertiary/aromatic N) is 2. The molecule has 2 aliphatic heterocycles. The standard InChI is InChI=1S/C17H12F2N2O3S/c1-6-8-4-7-5-9(18)12(19)16-13(7)21(17(8)25-20-6)10-2-3-11(22)14(23)15(10)24-16/h5,7,13H,2-4H2,1H3. The third kappa shape index (κ3) is 1.83. The minimum atomic E-state index is -1.10. The lowest BCUT2D eigenvalue weighted by molar-refractivity contribution is -0.137. The molecule has 4 aliphatic rings. The number of carbonyl (C=O) groups is 2. The highest BCUT2D eigenvalue weighted by Crippen LogP contribution is 2.51. The van der Waals surface area contributed by atoms with E-state index < -0.39 is 29.3 Å². The van der Waals surface area contributed by atoms with Gasteiger partial charge in [0.15, 0.2) is 23.2 Å². The van der Waals surface area contributed by atoms with Crippen LogP contribution in [0.15, 0.2) is 34.9 Å². The summed E-state index contributed by atoms with van der Waals surface area (Å²) in [6.45, 7) is 1.88. The predicted octanol–water partition coefficient (Wildman–Crippen LogP) is 3.02. The maximum Gasteiger partial charge on any atom is 0.265 e. The van der Waals surface area contributed by atoms with Crippen LogP contribution >= 0.6 is 11.5 Å². The fraction of sp³-hybridized carbons (Fsp3) is 0.353. The van der Waals surface area contributed by atoms with Crippen molar-refractivity contribution in [2.24, 2.45) is 5.92 Å². The SMILES string of the molecule is Cc1nsc2c1CC1C=C(F)C(F)=C3OC4=C(CCC(=O)C4=O)N2C31. The number of hydrogen-bond acceptors (Lipinski definition) is 6. The minimum absolute atomic E-state index is 0.0910. The lowest BCUT2D eigenvalue weighted by Gasteiger charge is -2.47. The quantitative estimate of drug-likeness (QED) is 0.664. The second-order valence-corrected chi connectivity index (χ2v) is 7.31. The molecule has 3 heterocycles. The molecule has 1 aromatic heterocycles. The smallest absolute Gasteiger partial charge is 0.265 e. The molecule has 0 bridgehead atoms. The Bertz CT molecular complexity index is 959. The molecule has 128 valence electrons. The molecular weight excluding hydrogens is 350 g/mol. The van der Waals surface area contributed by atoms with Crippen LogP contribution in [0.25, 0.3) is 0 Å². The van der Waals surface area contributed by atoms with Gasteiger partial charge in [-0.2, -0.15) is 8.76 Å². The number of fused-ring (bicyclic) bond motifs is 3. The molecule has 2 unspecified atom stereocenters. The zero-order valence-electron chi connectivity index (χ0n) is 13.1. The van der Waals surface area contributed by atoms with E-state index in [1.54, 1.807) is 0 Å². The van der Waals surface area contributed by atoms with Gasteiger partial charge in [0, 0.05) is 17.9 Å². The van der Waals surface area contributed by atoms with E-state index >= 15 is 0 Å². The summed E-state index contributed by atoms with van der Waals surface area (Å²) in [5.41, 5.74) is 2.38. The molecule has 1 aromatic rings. The van der Waals surface area contributed by atoms with Crippen LogP contribution in [0.1, 0.15) is 24.1 Å². The molecule has 25 heavy (non-hydrogen) atoms. The highest BCUT2D eigenvalue weighted by atomic mass is 32.1.